The first kappa shape index (κ1) is 17.7. The number of aryl methyl sites for hydroxylation is 1. The van der Waals surface area contributed by atoms with Gasteiger partial charge < -0.3 is 5.32 Å². The van der Waals surface area contributed by atoms with E-state index in [9.17, 15) is 9.59 Å². The maximum Gasteiger partial charge on any atom is 0.279 e. The number of carbonyl (C=O) groups is 1. The fraction of sp³-hybridized carbons (Fsp3) is 0.0870. The maximum atomic E-state index is 13.0. The Hall–Kier alpha value is -3.73. The number of nitrogens with zero attached hydrogens (tertiary/aromatic N) is 2. The van der Waals surface area contributed by atoms with E-state index in [2.05, 4.69) is 17.3 Å². The van der Waals surface area contributed by atoms with Crippen molar-refractivity contribution in [3.8, 4) is 5.69 Å². The van der Waals surface area contributed by atoms with E-state index in [1.165, 1.54) is 4.68 Å². The molecule has 0 aliphatic carbocycles. The number of rotatable bonds is 4. The van der Waals surface area contributed by atoms with Gasteiger partial charge in [0.25, 0.3) is 11.5 Å². The summed E-state index contributed by atoms with van der Waals surface area (Å²) < 4.78 is 1.28. The lowest BCUT2D eigenvalue weighted by Gasteiger charge is -2.12. The molecule has 0 aliphatic heterocycles. The molecule has 1 aromatic heterocycles. The topological polar surface area (TPSA) is 64.0 Å². The Kier molecular flexibility index (Phi) is 4.72. The Bertz CT molecular complexity index is 1210. The number of aromatic nitrogens is 2. The normalized spacial score (nSPS) is 10.8. The summed E-state index contributed by atoms with van der Waals surface area (Å²) in [6.45, 7) is 2.06. The van der Waals surface area contributed by atoms with Gasteiger partial charge in [-0.2, -0.15) is 9.78 Å². The number of fused-ring (bicyclic) bond motifs is 1. The molecular weight excluding hydrogens is 350 g/mol. The molecule has 5 nitrogen and oxygen atoms in total. The number of amides is 1. The third-order valence-electron chi connectivity index (χ3n) is 4.61. The van der Waals surface area contributed by atoms with Crippen LogP contribution in [0.25, 0.3) is 16.5 Å². The monoisotopic (exact) mass is 369 g/mol. The van der Waals surface area contributed by atoms with Crippen LogP contribution in [0.1, 0.15) is 23.0 Å². The van der Waals surface area contributed by atoms with E-state index in [4.69, 9.17) is 0 Å². The lowest BCUT2D eigenvalue weighted by molar-refractivity contribution is 0.102. The molecular formula is C23H19N3O2. The van der Waals surface area contributed by atoms with Gasteiger partial charge in [-0.15, -0.1) is 0 Å². The predicted molar refractivity (Wildman–Crippen MR) is 111 cm³/mol. The highest BCUT2D eigenvalue weighted by molar-refractivity contribution is 6.11. The Labute approximate surface area is 162 Å². The summed E-state index contributed by atoms with van der Waals surface area (Å²) in [4.78, 5) is 25.9. The quantitative estimate of drug-likeness (QED) is 0.586. The molecule has 1 heterocycles. The molecule has 0 atom stereocenters. The van der Waals surface area contributed by atoms with Crippen molar-refractivity contribution in [2.45, 2.75) is 13.3 Å². The average molecular weight is 369 g/mol. The third-order valence-corrected chi connectivity index (χ3v) is 4.61. The number of hydrogen-bond donors (Lipinski definition) is 1. The van der Waals surface area contributed by atoms with Gasteiger partial charge in [0.1, 0.15) is 0 Å². The fourth-order valence-corrected chi connectivity index (χ4v) is 3.16. The molecule has 0 unspecified atom stereocenters. The van der Waals surface area contributed by atoms with E-state index in [-0.39, 0.29) is 17.2 Å². The molecule has 0 fully saturated rings. The first-order valence-corrected chi connectivity index (χ1v) is 9.15. The van der Waals surface area contributed by atoms with Crippen LogP contribution in [0.5, 0.6) is 0 Å². The maximum absolute atomic E-state index is 13.0. The number of carbonyl (C=O) groups excluding carboxylic acids is 1. The second-order valence-corrected chi connectivity index (χ2v) is 6.45. The molecule has 0 radical (unpaired) electrons. The lowest BCUT2D eigenvalue weighted by Crippen LogP contribution is -2.26. The Morgan fingerprint density at radius 3 is 2.39 bits per heavy atom. The van der Waals surface area contributed by atoms with Crippen LogP contribution in [0.3, 0.4) is 0 Å². The van der Waals surface area contributed by atoms with E-state index in [1.807, 2.05) is 42.5 Å². The van der Waals surface area contributed by atoms with Gasteiger partial charge in [0, 0.05) is 11.1 Å². The van der Waals surface area contributed by atoms with Gasteiger partial charge in [-0.25, -0.2) is 0 Å². The van der Waals surface area contributed by atoms with Gasteiger partial charge in [-0.3, -0.25) is 9.59 Å². The summed E-state index contributed by atoms with van der Waals surface area (Å²) in [6.07, 6.45) is 0.879. The average Bonchev–Trinajstić information content (AvgIpc) is 2.75. The van der Waals surface area contributed by atoms with E-state index in [0.29, 0.717) is 22.1 Å². The molecule has 0 saturated carbocycles. The summed E-state index contributed by atoms with van der Waals surface area (Å²) in [5.41, 5.74) is 2.39. The fourth-order valence-electron chi connectivity index (χ4n) is 3.16. The molecule has 0 bridgehead atoms. The van der Waals surface area contributed by atoms with Crippen molar-refractivity contribution in [1.29, 1.82) is 0 Å². The van der Waals surface area contributed by atoms with Crippen molar-refractivity contribution in [2.75, 3.05) is 5.32 Å². The second kappa shape index (κ2) is 7.48. The molecule has 0 saturated heterocycles. The van der Waals surface area contributed by atoms with Crippen LogP contribution < -0.4 is 10.9 Å². The number of anilines is 1. The zero-order chi connectivity index (χ0) is 19.5. The van der Waals surface area contributed by atoms with Crippen molar-refractivity contribution in [3.63, 3.8) is 0 Å². The molecule has 138 valence electrons. The van der Waals surface area contributed by atoms with E-state index in [0.717, 1.165) is 12.0 Å². The van der Waals surface area contributed by atoms with Gasteiger partial charge in [-0.05, 0) is 42.3 Å². The minimum absolute atomic E-state index is 0.209. The number of para-hydroxylation sites is 1. The van der Waals surface area contributed by atoms with Crippen LogP contribution in [0.2, 0.25) is 0 Å². The van der Waals surface area contributed by atoms with Gasteiger partial charge >= 0.3 is 0 Å². The molecule has 1 amide bonds. The molecule has 0 spiro atoms. The van der Waals surface area contributed by atoms with Crippen molar-refractivity contribution in [1.82, 2.24) is 9.78 Å². The molecule has 0 aliphatic rings. The van der Waals surface area contributed by atoms with Crippen LogP contribution >= 0.6 is 0 Å². The Balaban J connectivity index is 1.85. The van der Waals surface area contributed by atoms with E-state index >= 15 is 0 Å². The summed E-state index contributed by atoms with van der Waals surface area (Å²) in [7, 11) is 0. The highest BCUT2D eigenvalue weighted by Gasteiger charge is 2.17. The van der Waals surface area contributed by atoms with Crippen LogP contribution in [-0.4, -0.2) is 15.7 Å². The second-order valence-electron chi connectivity index (χ2n) is 6.45. The molecule has 28 heavy (non-hydrogen) atoms. The molecule has 4 rings (SSSR count). The van der Waals surface area contributed by atoms with Crippen molar-refractivity contribution < 1.29 is 4.79 Å². The van der Waals surface area contributed by atoms with Crippen LogP contribution in [-0.2, 0) is 6.42 Å². The van der Waals surface area contributed by atoms with Crippen molar-refractivity contribution in [3.05, 3.63) is 100 Å². The molecule has 5 heteroatoms. The molecule has 1 N–H and O–H groups in total. The van der Waals surface area contributed by atoms with Crippen LogP contribution in [0.4, 0.5) is 5.69 Å². The minimum Gasteiger partial charge on any atom is -0.321 e. The number of hydrogen-bond acceptors (Lipinski definition) is 3. The highest BCUT2D eigenvalue weighted by Crippen LogP contribution is 2.18. The lowest BCUT2D eigenvalue weighted by atomic mass is 10.1. The molecule has 3 aromatic carbocycles. The number of benzene rings is 3. The number of nitrogens with one attached hydrogen (secondary N) is 1. The third kappa shape index (κ3) is 3.30. The standard InChI is InChI=1S/C23H19N3O2/c1-2-16-9-8-10-17(15-16)24-22(27)21-19-13-6-7-14-20(19)23(28)26(25-21)18-11-4-3-5-12-18/h3-15H,2H2,1H3,(H,24,27). The van der Waals surface area contributed by atoms with Gasteiger partial charge in [0.2, 0.25) is 0 Å². The van der Waals surface area contributed by atoms with Gasteiger partial charge in [0.15, 0.2) is 5.69 Å². The highest BCUT2D eigenvalue weighted by atomic mass is 16.2. The Morgan fingerprint density at radius 1 is 0.929 bits per heavy atom. The zero-order valence-electron chi connectivity index (χ0n) is 15.4. The summed E-state index contributed by atoms with van der Waals surface area (Å²) in [5.74, 6) is -0.353. The van der Waals surface area contributed by atoms with Crippen molar-refractivity contribution >= 4 is 22.4 Å². The van der Waals surface area contributed by atoms with Gasteiger partial charge in [0.05, 0.1) is 11.1 Å². The van der Waals surface area contributed by atoms with Crippen molar-refractivity contribution in [2.24, 2.45) is 0 Å². The van der Waals surface area contributed by atoms with Crippen LogP contribution in [0.15, 0.2) is 83.7 Å². The SMILES string of the molecule is CCc1cccc(NC(=O)c2nn(-c3ccccc3)c(=O)c3ccccc23)c1. The summed E-state index contributed by atoms with van der Waals surface area (Å²) in [6, 6.07) is 23.8. The van der Waals surface area contributed by atoms with E-state index < -0.39 is 0 Å². The van der Waals surface area contributed by atoms with Gasteiger partial charge in [-0.1, -0.05) is 55.5 Å². The first-order chi connectivity index (χ1) is 13.7. The predicted octanol–water partition coefficient (Wildman–Crippen LogP) is 4.20. The van der Waals surface area contributed by atoms with E-state index in [1.54, 1.807) is 36.4 Å². The minimum atomic E-state index is -0.353. The summed E-state index contributed by atoms with van der Waals surface area (Å²) >= 11 is 0. The summed E-state index contributed by atoms with van der Waals surface area (Å²) in [5, 5.41) is 8.29. The molecule has 4 aromatic rings. The first-order valence-electron chi connectivity index (χ1n) is 9.15. The smallest absolute Gasteiger partial charge is 0.279 e. The van der Waals surface area contributed by atoms with Crippen LogP contribution in [0, 0.1) is 0 Å². The Morgan fingerprint density at radius 2 is 1.64 bits per heavy atom. The zero-order valence-corrected chi connectivity index (χ0v) is 15.4. The largest absolute Gasteiger partial charge is 0.321 e.